The first kappa shape index (κ1) is 11.8. The number of hydrogen-bond acceptors (Lipinski definition) is 3. The van der Waals surface area contributed by atoms with Crippen LogP contribution in [0.15, 0.2) is 18.2 Å². The zero-order valence-corrected chi connectivity index (χ0v) is 11.0. The Morgan fingerprint density at radius 2 is 2.19 bits per heavy atom. The molecule has 0 saturated heterocycles. The van der Waals surface area contributed by atoms with Crippen molar-refractivity contribution in [3.05, 3.63) is 28.2 Å². The van der Waals surface area contributed by atoms with Crippen molar-refractivity contribution in [2.45, 2.75) is 32.2 Å². The van der Waals surface area contributed by atoms with Gasteiger partial charge in [-0.25, -0.2) is 4.98 Å². The van der Waals surface area contributed by atoms with E-state index in [9.17, 15) is 0 Å². The molecule has 0 aliphatic carbocycles. The number of nitrogens with two attached hydrogens (primary N) is 1. The highest BCUT2D eigenvalue weighted by molar-refractivity contribution is 7.18. The minimum Gasteiger partial charge on any atom is -0.326 e. The molecule has 2 aromatic rings. The van der Waals surface area contributed by atoms with Crippen LogP contribution in [0.2, 0.25) is 5.02 Å². The molecule has 0 saturated carbocycles. The van der Waals surface area contributed by atoms with Crippen LogP contribution in [0.5, 0.6) is 0 Å². The van der Waals surface area contributed by atoms with Crippen molar-refractivity contribution in [1.29, 1.82) is 0 Å². The standard InChI is InChI=1S/C12H15ClN2S/c1-12(2,14)6-5-11-15-9-4-3-8(13)7-10(9)16-11/h3-4,7H,5-6,14H2,1-2H3. The molecule has 2 rings (SSSR count). The predicted molar refractivity (Wildman–Crippen MR) is 71.2 cm³/mol. The number of hydrogen-bond donors (Lipinski definition) is 1. The second kappa shape index (κ2) is 4.32. The van der Waals surface area contributed by atoms with Gasteiger partial charge in [-0.05, 0) is 38.5 Å². The van der Waals surface area contributed by atoms with E-state index in [0.717, 1.165) is 33.1 Å². The molecule has 16 heavy (non-hydrogen) atoms. The Morgan fingerprint density at radius 1 is 1.44 bits per heavy atom. The van der Waals surface area contributed by atoms with E-state index in [1.807, 2.05) is 32.0 Å². The number of nitrogens with zero attached hydrogens (tertiary/aromatic N) is 1. The van der Waals surface area contributed by atoms with Crippen molar-refractivity contribution in [3.8, 4) is 0 Å². The first-order chi connectivity index (χ1) is 7.44. The molecule has 0 aliphatic rings. The number of aromatic nitrogens is 1. The zero-order chi connectivity index (χ0) is 11.8. The maximum absolute atomic E-state index is 5.96. The predicted octanol–water partition coefficient (Wildman–Crippen LogP) is 3.62. The van der Waals surface area contributed by atoms with Crippen molar-refractivity contribution in [1.82, 2.24) is 4.98 Å². The molecule has 86 valence electrons. The van der Waals surface area contributed by atoms with Gasteiger partial charge in [-0.15, -0.1) is 11.3 Å². The molecule has 2 nitrogen and oxygen atoms in total. The third kappa shape index (κ3) is 2.94. The van der Waals surface area contributed by atoms with E-state index in [0.29, 0.717) is 0 Å². The normalized spacial score (nSPS) is 12.2. The van der Waals surface area contributed by atoms with Crippen LogP contribution >= 0.6 is 22.9 Å². The molecular formula is C12H15ClN2S. The average Bonchev–Trinajstić information content (AvgIpc) is 2.55. The summed E-state index contributed by atoms with van der Waals surface area (Å²) in [6.45, 7) is 4.08. The SMILES string of the molecule is CC(C)(N)CCc1nc2ccc(Cl)cc2s1. The van der Waals surface area contributed by atoms with Gasteiger partial charge in [0, 0.05) is 17.0 Å². The number of benzene rings is 1. The van der Waals surface area contributed by atoms with E-state index >= 15 is 0 Å². The Balaban J connectivity index is 2.20. The highest BCUT2D eigenvalue weighted by atomic mass is 35.5. The Bertz CT molecular complexity index is 499. The largest absolute Gasteiger partial charge is 0.326 e. The molecule has 0 amide bonds. The average molecular weight is 255 g/mol. The van der Waals surface area contributed by atoms with Gasteiger partial charge in [0.1, 0.15) is 0 Å². The number of halogens is 1. The summed E-state index contributed by atoms with van der Waals surface area (Å²) in [5.74, 6) is 0. The summed E-state index contributed by atoms with van der Waals surface area (Å²) < 4.78 is 1.15. The fourth-order valence-electron chi connectivity index (χ4n) is 1.48. The maximum atomic E-state index is 5.96. The lowest BCUT2D eigenvalue weighted by molar-refractivity contribution is 0.476. The summed E-state index contributed by atoms with van der Waals surface area (Å²) in [6.07, 6.45) is 1.88. The van der Waals surface area contributed by atoms with Crippen LogP contribution in [0.25, 0.3) is 10.2 Å². The minimum atomic E-state index is -0.129. The Hall–Kier alpha value is -0.640. The lowest BCUT2D eigenvalue weighted by Crippen LogP contribution is -2.32. The van der Waals surface area contributed by atoms with E-state index in [1.165, 1.54) is 0 Å². The number of aryl methyl sites for hydroxylation is 1. The molecule has 1 aromatic carbocycles. The van der Waals surface area contributed by atoms with Crippen LogP contribution in [-0.2, 0) is 6.42 Å². The summed E-state index contributed by atoms with van der Waals surface area (Å²) in [5.41, 5.74) is 6.85. The van der Waals surface area contributed by atoms with E-state index in [2.05, 4.69) is 4.98 Å². The summed E-state index contributed by atoms with van der Waals surface area (Å²) in [4.78, 5) is 4.56. The molecule has 0 bridgehead atoms. The topological polar surface area (TPSA) is 38.9 Å². The van der Waals surface area contributed by atoms with Crippen LogP contribution in [0.1, 0.15) is 25.3 Å². The number of thiazole rings is 1. The zero-order valence-electron chi connectivity index (χ0n) is 9.46. The summed E-state index contributed by atoms with van der Waals surface area (Å²) in [7, 11) is 0. The van der Waals surface area contributed by atoms with Gasteiger partial charge in [0.25, 0.3) is 0 Å². The molecule has 0 aliphatic heterocycles. The highest BCUT2D eigenvalue weighted by Gasteiger charge is 2.12. The van der Waals surface area contributed by atoms with Gasteiger partial charge < -0.3 is 5.73 Å². The Morgan fingerprint density at radius 3 is 2.88 bits per heavy atom. The molecule has 0 unspecified atom stereocenters. The molecule has 0 spiro atoms. The van der Waals surface area contributed by atoms with Gasteiger partial charge in [-0.2, -0.15) is 0 Å². The van der Waals surface area contributed by atoms with Gasteiger partial charge in [0.2, 0.25) is 0 Å². The van der Waals surface area contributed by atoms with Gasteiger partial charge in [-0.1, -0.05) is 11.6 Å². The van der Waals surface area contributed by atoms with Gasteiger partial charge in [-0.3, -0.25) is 0 Å². The van der Waals surface area contributed by atoms with Gasteiger partial charge >= 0.3 is 0 Å². The van der Waals surface area contributed by atoms with Crippen LogP contribution in [0, 0.1) is 0 Å². The summed E-state index contributed by atoms with van der Waals surface area (Å²) >= 11 is 7.64. The minimum absolute atomic E-state index is 0.129. The van der Waals surface area contributed by atoms with E-state index < -0.39 is 0 Å². The second-order valence-corrected chi connectivity index (χ2v) is 6.26. The second-order valence-electron chi connectivity index (χ2n) is 4.71. The first-order valence-electron chi connectivity index (χ1n) is 5.28. The van der Waals surface area contributed by atoms with E-state index in [4.69, 9.17) is 17.3 Å². The van der Waals surface area contributed by atoms with Crippen LogP contribution in [0.3, 0.4) is 0 Å². The monoisotopic (exact) mass is 254 g/mol. The molecule has 0 atom stereocenters. The molecule has 0 radical (unpaired) electrons. The quantitative estimate of drug-likeness (QED) is 0.909. The third-order valence-corrected chi connectivity index (χ3v) is 3.69. The lowest BCUT2D eigenvalue weighted by Gasteiger charge is -2.16. The molecule has 2 N–H and O–H groups in total. The number of fused-ring (bicyclic) bond motifs is 1. The first-order valence-corrected chi connectivity index (χ1v) is 6.47. The van der Waals surface area contributed by atoms with Crippen molar-refractivity contribution in [3.63, 3.8) is 0 Å². The van der Waals surface area contributed by atoms with Gasteiger partial charge in [0.15, 0.2) is 0 Å². The van der Waals surface area contributed by atoms with Gasteiger partial charge in [0.05, 0.1) is 15.2 Å². The molecule has 1 aromatic heterocycles. The lowest BCUT2D eigenvalue weighted by atomic mass is 10.0. The molecule has 0 fully saturated rings. The van der Waals surface area contributed by atoms with Crippen LogP contribution < -0.4 is 5.73 Å². The van der Waals surface area contributed by atoms with Crippen molar-refractivity contribution in [2.75, 3.05) is 0 Å². The van der Waals surface area contributed by atoms with Crippen LogP contribution in [0.4, 0.5) is 0 Å². The maximum Gasteiger partial charge on any atom is 0.0939 e. The Labute approximate surface area is 104 Å². The highest BCUT2D eigenvalue weighted by Crippen LogP contribution is 2.26. The molecule has 1 heterocycles. The van der Waals surface area contributed by atoms with Crippen molar-refractivity contribution >= 4 is 33.2 Å². The fourth-order valence-corrected chi connectivity index (χ4v) is 2.73. The summed E-state index contributed by atoms with van der Waals surface area (Å²) in [6, 6.07) is 5.80. The smallest absolute Gasteiger partial charge is 0.0939 e. The van der Waals surface area contributed by atoms with E-state index in [-0.39, 0.29) is 5.54 Å². The van der Waals surface area contributed by atoms with Crippen LogP contribution in [-0.4, -0.2) is 10.5 Å². The van der Waals surface area contributed by atoms with E-state index in [1.54, 1.807) is 11.3 Å². The van der Waals surface area contributed by atoms with Crippen molar-refractivity contribution in [2.24, 2.45) is 5.73 Å². The molecule has 4 heteroatoms. The van der Waals surface area contributed by atoms with Crippen molar-refractivity contribution < 1.29 is 0 Å². The fraction of sp³-hybridized carbons (Fsp3) is 0.417. The third-order valence-electron chi connectivity index (χ3n) is 2.38. The summed E-state index contributed by atoms with van der Waals surface area (Å²) in [5, 5.41) is 1.90. The number of rotatable bonds is 3. The Kier molecular flexibility index (Phi) is 3.19. The molecular weight excluding hydrogens is 240 g/mol.